The molecule has 1 amide bonds. The second kappa shape index (κ2) is 6.01. The molecule has 22 heavy (non-hydrogen) atoms. The first kappa shape index (κ1) is 16.4. The minimum atomic E-state index is -4.49. The van der Waals surface area contributed by atoms with Gasteiger partial charge in [-0.1, -0.05) is 23.7 Å². The summed E-state index contributed by atoms with van der Waals surface area (Å²) in [5.74, 6) is -0.639. The van der Waals surface area contributed by atoms with Gasteiger partial charge >= 0.3 is 6.18 Å². The van der Waals surface area contributed by atoms with Gasteiger partial charge in [0.1, 0.15) is 0 Å². The molecule has 0 saturated heterocycles. The van der Waals surface area contributed by atoms with E-state index in [4.69, 9.17) is 11.6 Å². The summed E-state index contributed by atoms with van der Waals surface area (Å²) < 4.78 is 38.0. The largest absolute Gasteiger partial charge is 0.416 e. The van der Waals surface area contributed by atoms with Gasteiger partial charge in [0.05, 0.1) is 16.3 Å². The summed E-state index contributed by atoms with van der Waals surface area (Å²) in [6.07, 6.45) is -4.49. The van der Waals surface area contributed by atoms with E-state index in [-0.39, 0.29) is 5.56 Å². The smallest absolute Gasteiger partial charge is 0.320 e. The Bertz CT molecular complexity index is 703. The third kappa shape index (κ3) is 3.60. The maximum absolute atomic E-state index is 12.7. The van der Waals surface area contributed by atoms with Gasteiger partial charge in [-0.25, -0.2) is 0 Å². The Labute approximate surface area is 130 Å². The summed E-state index contributed by atoms with van der Waals surface area (Å²) in [5.41, 5.74) is 1.12. The fourth-order valence-electron chi connectivity index (χ4n) is 2.10. The van der Waals surface area contributed by atoms with Gasteiger partial charge in [-0.05, 0) is 49.2 Å². The molecule has 2 nitrogen and oxygen atoms in total. The van der Waals surface area contributed by atoms with Gasteiger partial charge in [0.15, 0.2) is 0 Å². The van der Waals surface area contributed by atoms with Crippen LogP contribution >= 0.6 is 11.6 Å². The van der Waals surface area contributed by atoms with Crippen molar-refractivity contribution in [1.82, 2.24) is 0 Å². The lowest BCUT2D eigenvalue weighted by molar-refractivity contribution is -0.137. The van der Waals surface area contributed by atoms with E-state index in [9.17, 15) is 18.0 Å². The Balaban J connectivity index is 2.31. The van der Waals surface area contributed by atoms with Gasteiger partial charge in [0.2, 0.25) is 0 Å². The zero-order chi connectivity index (χ0) is 16.5. The average molecular weight is 328 g/mol. The third-order valence-corrected chi connectivity index (χ3v) is 3.42. The number of carbonyl (C=O) groups excluding carboxylic acids is 1. The minimum Gasteiger partial charge on any atom is -0.320 e. The molecule has 0 bridgehead atoms. The first-order valence-corrected chi connectivity index (χ1v) is 6.81. The highest BCUT2D eigenvalue weighted by Gasteiger charge is 2.30. The summed E-state index contributed by atoms with van der Waals surface area (Å²) in [6, 6.07) is 7.75. The quantitative estimate of drug-likeness (QED) is 0.804. The SMILES string of the molecule is Cc1cc(C)c(NC(=O)c2cccc(C(F)(F)F)c2)c(Cl)c1. The Morgan fingerprint density at radius 3 is 2.41 bits per heavy atom. The van der Waals surface area contributed by atoms with Gasteiger partial charge in [0.25, 0.3) is 5.91 Å². The monoisotopic (exact) mass is 327 g/mol. The fourth-order valence-corrected chi connectivity index (χ4v) is 2.46. The molecule has 0 aliphatic heterocycles. The number of halogens is 4. The number of carbonyl (C=O) groups is 1. The number of amides is 1. The summed E-state index contributed by atoms with van der Waals surface area (Å²) in [5, 5.41) is 2.91. The standard InChI is InChI=1S/C16H13ClF3NO/c1-9-6-10(2)14(13(17)7-9)21-15(22)11-4-3-5-12(8-11)16(18,19)20/h3-8H,1-2H3,(H,21,22). The number of aryl methyl sites for hydroxylation is 2. The highest BCUT2D eigenvalue weighted by atomic mass is 35.5. The van der Waals surface area contributed by atoms with Crippen LogP contribution in [0.15, 0.2) is 36.4 Å². The van der Waals surface area contributed by atoms with Crippen LogP contribution in [0, 0.1) is 13.8 Å². The summed E-state index contributed by atoms with van der Waals surface area (Å²) >= 11 is 6.08. The van der Waals surface area contributed by atoms with Gasteiger partial charge in [-0.3, -0.25) is 4.79 Å². The number of benzene rings is 2. The normalized spacial score (nSPS) is 11.4. The molecule has 0 spiro atoms. The van der Waals surface area contributed by atoms with Crippen molar-refractivity contribution in [3.8, 4) is 0 Å². The van der Waals surface area contributed by atoms with Crippen molar-refractivity contribution in [3.63, 3.8) is 0 Å². The van der Waals surface area contributed by atoms with E-state index in [1.54, 1.807) is 13.0 Å². The van der Waals surface area contributed by atoms with Gasteiger partial charge in [-0.15, -0.1) is 0 Å². The maximum Gasteiger partial charge on any atom is 0.416 e. The van der Waals surface area contributed by atoms with Crippen LogP contribution in [-0.2, 0) is 6.18 Å². The van der Waals surface area contributed by atoms with E-state index >= 15 is 0 Å². The van der Waals surface area contributed by atoms with Crippen LogP contribution in [-0.4, -0.2) is 5.91 Å². The third-order valence-electron chi connectivity index (χ3n) is 3.12. The molecule has 2 aromatic carbocycles. The number of nitrogens with one attached hydrogen (secondary N) is 1. The summed E-state index contributed by atoms with van der Waals surface area (Å²) in [7, 11) is 0. The van der Waals surface area contributed by atoms with Crippen molar-refractivity contribution < 1.29 is 18.0 Å². The zero-order valence-electron chi connectivity index (χ0n) is 11.9. The van der Waals surface area contributed by atoms with E-state index in [1.165, 1.54) is 12.1 Å². The molecule has 1 N–H and O–H groups in total. The molecular weight excluding hydrogens is 315 g/mol. The lowest BCUT2D eigenvalue weighted by atomic mass is 10.1. The molecule has 0 atom stereocenters. The van der Waals surface area contributed by atoms with Crippen molar-refractivity contribution in [1.29, 1.82) is 0 Å². The van der Waals surface area contributed by atoms with E-state index in [1.807, 2.05) is 13.0 Å². The molecule has 0 aliphatic carbocycles. The molecule has 0 aromatic heterocycles. The summed E-state index contributed by atoms with van der Waals surface area (Å²) in [4.78, 5) is 12.1. The lowest BCUT2D eigenvalue weighted by Crippen LogP contribution is -2.15. The second-order valence-corrected chi connectivity index (χ2v) is 5.38. The van der Waals surface area contributed by atoms with Crippen molar-refractivity contribution in [2.24, 2.45) is 0 Å². The minimum absolute atomic E-state index is 0.0779. The molecule has 2 aromatic rings. The molecule has 0 fully saturated rings. The number of hydrogen-bond donors (Lipinski definition) is 1. The lowest BCUT2D eigenvalue weighted by Gasteiger charge is -2.13. The van der Waals surface area contributed by atoms with Gasteiger partial charge in [-0.2, -0.15) is 13.2 Å². The number of hydrogen-bond acceptors (Lipinski definition) is 1. The van der Waals surface area contributed by atoms with Crippen LogP contribution < -0.4 is 5.32 Å². The molecule has 0 radical (unpaired) electrons. The van der Waals surface area contributed by atoms with Crippen LogP contribution in [0.1, 0.15) is 27.0 Å². The molecule has 116 valence electrons. The van der Waals surface area contributed by atoms with E-state index in [2.05, 4.69) is 5.32 Å². The van der Waals surface area contributed by atoms with Crippen molar-refractivity contribution in [2.75, 3.05) is 5.32 Å². The maximum atomic E-state index is 12.7. The van der Waals surface area contributed by atoms with E-state index in [0.29, 0.717) is 10.7 Å². The molecule has 0 unspecified atom stereocenters. The van der Waals surface area contributed by atoms with Crippen molar-refractivity contribution in [2.45, 2.75) is 20.0 Å². The van der Waals surface area contributed by atoms with Crippen molar-refractivity contribution in [3.05, 3.63) is 63.7 Å². The van der Waals surface area contributed by atoms with Gasteiger partial charge < -0.3 is 5.32 Å². The van der Waals surface area contributed by atoms with Crippen molar-refractivity contribution >= 4 is 23.2 Å². The molecular formula is C16H13ClF3NO. The first-order chi connectivity index (χ1) is 10.2. The van der Waals surface area contributed by atoms with Crippen LogP contribution in [0.25, 0.3) is 0 Å². The molecule has 6 heteroatoms. The van der Waals surface area contributed by atoms with Crippen LogP contribution in [0.4, 0.5) is 18.9 Å². The highest BCUT2D eigenvalue weighted by molar-refractivity contribution is 6.34. The fraction of sp³-hybridized carbons (Fsp3) is 0.188. The van der Waals surface area contributed by atoms with Crippen LogP contribution in [0.5, 0.6) is 0 Å². The zero-order valence-corrected chi connectivity index (χ0v) is 12.6. The topological polar surface area (TPSA) is 29.1 Å². The van der Waals surface area contributed by atoms with Gasteiger partial charge in [0, 0.05) is 5.56 Å². The molecule has 0 saturated carbocycles. The average Bonchev–Trinajstić information content (AvgIpc) is 2.41. The highest BCUT2D eigenvalue weighted by Crippen LogP contribution is 2.31. The van der Waals surface area contributed by atoms with Crippen LogP contribution in [0.2, 0.25) is 5.02 Å². The first-order valence-electron chi connectivity index (χ1n) is 6.44. The molecule has 0 aliphatic rings. The predicted octanol–water partition coefficient (Wildman–Crippen LogP) is 5.23. The summed E-state index contributed by atoms with van der Waals surface area (Å²) in [6.45, 7) is 3.62. The Kier molecular flexibility index (Phi) is 4.47. The molecule has 0 heterocycles. The molecule has 2 rings (SSSR count). The predicted molar refractivity (Wildman–Crippen MR) is 80.3 cm³/mol. The number of rotatable bonds is 2. The number of anilines is 1. The van der Waals surface area contributed by atoms with E-state index < -0.39 is 17.6 Å². The van der Waals surface area contributed by atoms with E-state index in [0.717, 1.165) is 23.3 Å². The Hall–Kier alpha value is -2.01. The Morgan fingerprint density at radius 2 is 1.82 bits per heavy atom. The van der Waals surface area contributed by atoms with Crippen LogP contribution in [0.3, 0.4) is 0 Å². The Morgan fingerprint density at radius 1 is 1.14 bits per heavy atom. The second-order valence-electron chi connectivity index (χ2n) is 4.97. The number of alkyl halides is 3.